The van der Waals surface area contributed by atoms with Crippen LogP contribution >= 0.6 is 0 Å². The fraction of sp³-hybridized carbons (Fsp3) is 0.385. The number of Topliss-reactive ketones (excluding diaryl/α,β-unsaturated/α-hetero) is 2. The van der Waals surface area contributed by atoms with E-state index in [0.717, 1.165) is 18.4 Å². The van der Waals surface area contributed by atoms with Crippen molar-refractivity contribution in [2.24, 2.45) is 5.92 Å². The van der Waals surface area contributed by atoms with Crippen molar-refractivity contribution in [3.63, 3.8) is 0 Å². The van der Waals surface area contributed by atoms with Crippen LogP contribution in [0.4, 0.5) is 0 Å². The first-order chi connectivity index (χ1) is 7.25. The van der Waals surface area contributed by atoms with Gasteiger partial charge in [-0.15, -0.1) is 0 Å². The van der Waals surface area contributed by atoms with Crippen molar-refractivity contribution >= 4 is 11.6 Å². The minimum atomic E-state index is 0.0399. The Balaban J connectivity index is 1.84. The van der Waals surface area contributed by atoms with Crippen LogP contribution in [0.5, 0.6) is 0 Å². The summed E-state index contributed by atoms with van der Waals surface area (Å²) in [7, 11) is 0. The molecule has 0 radical (unpaired) electrons. The summed E-state index contributed by atoms with van der Waals surface area (Å²) in [5, 5.41) is 0. The maximum Gasteiger partial charge on any atom is 0.144 e. The van der Waals surface area contributed by atoms with E-state index in [-0.39, 0.29) is 23.9 Å². The quantitative estimate of drug-likeness (QED) is 0.686. The number of benzene rings is 1. The van der Waals surface area contributed by atoms with Crippen molar-refractivity contribution in [3.05, 3.63) is 35.9 Å². The topological polar surface area (TPSA) is 34.1 Å². The van der Waals surface area contributed by atoms with E-state index >= 15 is 0 Å². The Bertz CT molecular complexity index is 363. The van der Waals surface area contributed by atoms with E-state index < -0.39 is 0 Å². The van der Waals surface area contributed by atoms with Crippen molar-refractivity contribution in [1.29, 1.82) is 0 Å². The highest BCUT2D eigenvalue weighted by atomic mass is 16.1. The van der Waals surface area contributed by atoms with Gasteiger partial charge in [-0.3, -0.25) is 9.59 Å². The lowest BCUT2D eigenvalue weighted by Gasteiger charge is -1.99. The standard InChI is InChI=1S/C13H14O2/c14-12(9-13(15)11-6-7-11)8-10-4-2-1-3-5-10/h1-5,11H,6-9H2. The summed E-state index contributed by atoms with van der Waals surface area (Å²) in [5.74, 6) is 0.374. The van der Waals surface area contributed by atoms with Gasteiger partial charge >= 0.3 is 0 Å². The molecular weight excluding hydrogens is 188 g/mol. The van der Waals surface area contributed by atoms with Crippen LogP contribution in [0.1, 0.15) is 24.8 Å². The molecule has 1 aliphatic carbocycles. The molecule has 2 rings (SSSR count). The van der Waals surface area contributed by atoms with Gasteiger partial charge in [-0.2, -0.15) is 0 Å². The molecule has 1 saturated carbocycles. The molecule has 2 heteroatoms. The highest BCUT2D eigenvalue weighted by molar-refractivity contribution is 6.01. The number of ketones is 2. The van der Waals surface area contributed by atoms with Gasteiger partial charge in [-0.05, 0) is 18.4 Å². The molecule has 0 heterocycles. The van der Waals surface area contributed by atoms with Gasteiger partial charge in [-0.25, -0.2) is 0 Å². The summed E-state index contributed by atoms with van der Waals surface area (Å²) >= 11 is 0. The minimum Gasteiger partial charge on any atom is -0.299 e. The summed E-state index contributed by atoms with van der Waals surface area (Å²) in [6.07, 6.45) is 2.48. The van der Waals surface area contributed by atoms with Crippen LogP contribution in [0.2, 0.25) is 0 Å². The Morgan fingerprint density at radius 2 is 1.80 bits per heavy atom. The summed E-state index contributed by atoms with van der Waals surface area (Å²) < 4.78 is 0. The Morgan fingerprint density at radius 3 is 2.40 bits per heavy atom. The van der Waals surface area contributed by atoms with E-state index in [9.17, 15) is 9.59 Å². The van der Waals surface area contributed by atoms with Crippen LogP contribution in [0.15, 0.2) is 30.3 Å². The fourth-order valence-corrected chi connectivity index (χ4v) is 1.63. The number of carbonyl (C=O) groups is 2. The van der Waals surface area contributed by atoms with E-state index in [1.807, 2.05) is 30.3 Å². The van der Waals surface area contributed by atoms with Gasteiger partial charge in [0.15, 0.2) is 0 Å². The molecule has 1 aromatic rings. The zero-order valence-electron chi connectivity index (χ0n) is 8.61. The van der Waals surface area contributed by atoms with Crippen LogP contribution in [0.25, 0.3) is 0 Å². The number of hydrogen-bond acceptors (Lipinski definition) is 2. The van der Waals surface area contributed by atoms with Crippen LogP contribution in [0, 0.1) is 5.92 Å². The molecule has 0 spiro atoms. The fourth-order valence-electron chi connectivity index (χ4n) is 1.63. The molecule has 0 aliphatic heterocycles. The predicted molar refractivity (Wildman–Crippen MR) is 57.5 cm³/mol. The zero-order valence-corrected chi connectivity index (χ0v) is 8.61. The maximum atomic E-state index is 11.5. The molecule has 0 saturated heterocycles. The van der Waals surface area contributed by atoms with E-state index in [1.54, 1.807) is 0 Å². The normalized spacial score (nSPS) is 14.9. The van der Waals surface area contributed by atoms with Crippen molar-refractivity contribution in [2.75, 3.05) is 0 Å². The first kappa shape index (κ1) is 10.1. The second-order valence-corrected chi connectivity index (χ2v) is 4.12. The van der Waals surface area contributed by atoms with Gasteiger partial charge in [0.2, 0.25) is 0 Å². The second-order valence-electron chi connectivity index (χ2n) is 4.12. The SMILES string of the molecule is O=C(CC(=O)C1CC1)Cc1ccccc1. The van der Waals surface area contributed by atoms with Crippen LogP contribution < -0.4 is 0 Å². The molecule has 1 fully saturated rings. The van der Waals surface area contributed by atoms with E-state index in [4.69, 9.17) is 0 Å². The van der Waals surface area contributed by atoms with Gasteiger partial charge in [-0.1, -0.05) is 30.3 Å². The molecule has 2 nitrogen and oxygen atoms in total. The molecule has 1 aromatic carbocycles. The van der Waals surface area contributed by atoms with Crippen LogP contribution in [-0.4, -0.2) is 11.6 Å². The summed E-state index contributed by atoms with van der Waals surface area (Å²) in [5.41, 5.74) is 0.992. The van der Waals surface area contributed by atoms with E-state index in [0.29, 0.717) is 6.42 Å². The molecule has 0 N–H and O–H groups in total. The van der Waals surface area contributed by atoms with E-state index in [2.05, 4.69) is 0 Å². The average Bonchev–Trinajstić information content (AvgIpc) is 3.01. The lowest BCUT2D eigenvalue weighted by molar-refractivity contribution is -0.127. The Morgan fingerprint density at radius 1 is 1.13 bits per heavy atom. The van der Waals surface area contributed by atoms with Gasteiger partial charge in [0.25, 0.3) is 0 Å². The monoisotopic (exact) mass is 202 g/mol. The molecule has 0 unspecified atom stereocenters. The van der Waals surface area contributed by atoms with Crippen molar-refractivity contribution in [2.45, 2.75) is 25.7 Å². The summed E-state index contributed by atoms with van der Waals surface area (Å²) in [6, 6.07) is 9.57. The summed E-state index contributed by atoms with van der Waals surface area (Å²) in [4.78, 5) is 22.9. The van der Waals surface area contributed by atoms with Crippen molar-refractivity contribution in [1.82, 2.24) is 0 Å². The van der Waals surface area contributed by atoms with Gasteiger partial charge in [0, 0.05) is 12.3 Å². The van der Waals surface area contributed by atoms with Crippen molar-refractivity contribution in [3.8, 4) is 0 Å². The first-order valence-electron chi connectivity index (χ1n) is 5.34. The predicted octanol–water partition coefficient (Wildman–Crippen LogP) is 2.17. The number of carbonyl (C=O) groups excluding carboxylic acids is 2. The molecule has 1 aliphatic rings. The van der Waals surface area contributed by atoms with Crippen LogP contribution in [0.3, 0.4) is 0 Å². The molecule has 78 valence electrons. The highest BCUT2D eigenvalue weighted by Gasteiger charge is 2.30. The Hall–Kier alpha value is -1.44. The molecule has 0 aromatic heterocycles. The Kier molecular flexibility index (Phi) is 2.95. The summed E-state index contributed by atoms with van der Waals surface area (Å²) in [6.45, 7) is 0. The average molecular weight is 202 g/mol. The first-order valence-corrected chi connectivity index (χ1v) is 5.34. The minimum absolute atomic E-state index is 0.0399. The smallest absolute Gasteiger partial charge is 0.144 e. The third-order valence-electron chi connectivity index (χ3n) is 2.65. The van der Waals surface area contributed by atoms with Gasteiger partial charge < -0.3 is 0 Å². The molecule has 0 amide bonds. The number of hydrogen-bond donors (Lipinski definition) is 0. The molecular formula is C13H14O2. The zero-order chi connectivity index (χ0) is 10.7. The maximum absolute atomic E-state index is 11.5. The highest BCUT2D eigenvalue weighted by Crippen LogP contribution is 2.30. The lowest BCUT2D eigenvalue weighted by atomic mass is 10.0. The molecule has 0 bridgehead atoms. The van der Waals surface area contributed by atoms with Gasteiger partial charge in [0.1, 0.15) is 11.6 Å². The third-order valence-corrected chi connectivity index (χ3v) is 2.65. The third kappa shape index (κ3) is 3.01. The van der Waals surface area contributed by atoms with E-state index in [1.165, 1.54) is 0 Å². The largest absolute Gasteiger partial charge is 0.299 e. The number of rotatable bonds is 5. The van der Waals surface area contributed by atoms with Crippen LogP contribution in [-0.2, 0) is 16.0 Å². The Labute approximate surface area is 89.3 Å². The van der Waals surface area contributed by atoms with Gasteiger partial charge in [0.05, 0.1) is 6.42 Å². The van der Waals surface area contributed by atoms with Crippen molar-refractivity contribution < 1.29 is 9.59 Å². The molecule has 0 atom stereocenters. The lowest BCUT2D eigenvalue weighted by Crippen LogP contribution is -2.11. The second kappa shape index (κ2) is 4.39. The molecule has 15 heavy (non-hydrogen) atoms.